The van der Waals surface area contributed by atoms with E-state index in [9.17, 15) is 9.59 Å². The molecule has 1 heterocycles. The van der Waals surface area contributed by atoms with E-state index < -0.39 is 0 Å². The van der Waals surface area contributed by atoms with E-state index in [0.717, 1.165) is 5.69 Å². The fourth-order valence-corrected chi connectivity index (χ4v) is 2.66. The highest BCUT2D eigenvalue weighted by atomic mass is 16.2. The monoisotopic (exact) mass is 303 g/mol. The second kappa shape index (κ2) is 7.29. The first-order valence-electron chi connectivity index (χ1n) is 7.82. The third-order valence-corrected chi connectivity index (χ3v) is 4.13. The fourth-order valence-electron chi connectivity index (χ4n) is 2.66. The van der Waals surface area contributed by atoms with Crippen LogP contribution in [0.4, 0.5) is 5.69 Å². The predicted molar refractivity (Wildman–Crippen MR) is 87.9 cm³/mol. The third-order valence-electron chi connectivity index (χ3n) is 4.13. The van der Waals surface area contributed by atoms with Gasteiger partial charge in [0.05, 0.1) is 0 Å². The van der Waals surface area contributed by atoms with Crippen LogP contribution in [0.25, 0.3) is 0 Å². The van der Waals surface area contributed by atoms with Crippen LogP contribution < -0.4 is 5.32 Å². The number of hydrogen-bond acceptors (Lipinski definition) is 3. The molecule has 1 N–H and O–H groups in total. The van der Waals surface area contributed by atoms with E-state index >= 15 is 0 Å². The van der Waals surface area contributed by atoms with Crippen molar-refractivity contribution in [2.45, 2.75) is 27.2 Å². The molecule has 5 heteroatoms. The number of nitrogens with one attached hydrogen (secondary N) is 1. The Balaban J connectivity index is 1.76. The van der Waals surface area contributed by atoms with Crippen LogP contribution in [0.3, 0.4) is 0 Å². The predicted octanol–water partition coefficient (Wildman–Crippen LogP) is 1.80. The molecule has 0 radical (unpaired) electrons. The lowest BCUT2D eigenvalue weighted by molar-refractivity contribution is -0.138. The van der Waals surface area contributed by atoms with Crippen LogP contribution >= 0.6 is 0 Å². The summed E-state index contributed by atoms with van der Waals surface area (Å²) in [7, 11) is 0. The smallest absolute Gasteiger partial charge is 0.224 e. The summed E-state index contributed by atoms with van der Waals surface area (Å²) in [5.41, 5.74) is 3.49. The summed E-state index contributed by atoms with van der Waals surface area (Å²) < 4.78 is 0. The topological polar surface area (TPSA) is 52.7 Å². The minimum atomic E-state index is 0.0867. The zero-order valence-corrected chi connectivity index (χ0v) is 13.7. The number of piperazine rings is 1. The molecule has 1 aromatic carbocycles. The average molecular weight is 303 g/mol. The maximum atomic E-state index is 12.2. The summed E-state index contributed by atoms with van der Waals surface area (Å²) >= 11 is 0. The van der Waals surface area contributed by atoms with Gasteiger partial charge in [-0.05, 0) is 31.0 Å². The van der Waals surface area contributed by atoms with E-state index in [0.29, 0.717) is 39.1 Å². The molecule has 0 aromatic heterocycles. The number of benzene rings is 1. The van der Waals surface area contributed by atoms with Gasteiger partial charge in [0.1, 0.15) is 0 Å². The summed E-state index contributed by atoms with van der Waals surface area (Å²) in [6, 6.07) is 6.27. The molecule has 5 nitrogen and oxygen atoms in total. The number of aryl methyl sites for hydroxylation is 2. The molecule has 22 heavy (non-hydrogen) atoms. The van der Waals surface area contributed by atoms with Crippen molar-refractivity contribution < 1.29 is 9.59 Å². The molecule has 120 valence electrons. The first-order valence-corrected chi connectivity index (χ1v) is 7.82. The van der Waals surface area contributed by atoms with Crippen LogP contribution in [-0.4, -0.2) is 54.3 Å². The molecule has 0 unspecified atom stereocenters. The Morgan fingerprint density at radius 2 is 1.73 bits per heavy atom. The van der Waals surface area contributed by atoms with Gasteiger partial charge in [-0.1, -0.05) is 12.1 Å². The molecule has 1 fully saturated rings. The Morgan fingerprint density at radius 1 is 1.09 bits per heavy atom. The van der Waals surface area contributed by atoms with Crippen LogP contribution in [-0.2, 0) is 9.59 Å². The number of hydrogen-bond donors (Lipinski definition) is 1. The molecule has 0 bridgehead atoms. The number of anilines is 1. The molecule has 0 atom stereocenters. The van der Waals surface area contributed by atoms with E-state index in [2.05, 4.69) is 37.4 Å². The third kappa shape index (κ3) is 4.23. The largest absolute Gasteiger partial charge is 0.384 e. The van der Waals surface area contributed by atoms with Gasteiger partial charge in [-0.2, -0.15) is 0 Å². The second-order valence-electron chi connectivity index (χ2n) is 5.88. The molecule has 1 aliphatic heterocycles. The summed E-state index contributed by atoms with van der Waals surface area (Å²) in [5, 5.41) is 3.34. The second-order valence-corrected chi connectivity index (χ2v) is 5.88. The van der Waals surface area contributed by atoms with Gasteiger partial charge in [0.2, 0.25) is 11.8 Å². The van der Waals surface area contributed by atoms with E-state index in [4.69, 9.17) is 0 Å². The van der Waals surface area contributed by atoms with Crippen LogP contribution in [0.2, 0.25) is 0 Å². The molecule has 0 spiro atoms. The fraction of sp³-hybridized carbons (Fsp3) is 0.529. The van der Waals surface area contributed by atoms with Crippen LogP contribution in [0.15, 0.2) is 18.2 Å². The Morgan fingerprint density at radius 3 is 2.36 bits per heavy atom. The summed E-state index contributed by atoms with van der Waals surface area (Å²) in [6.45, 7) is 8.90. The van der Waals surface area contributed by atoms with Crippen LogP contribution in [0, 0.1) is 13.8 Å². The number of rotatable bonds is 4. The van der Waals surface area contributed by atoms with E-state index in [1.54, 1.807) is 11.8 Å². The van der Waals surface area contributed by atoms with Crippen LogP contribution in [0.5, 0.6) is 0 Å². The van der Waals surface area contributed by atoms with Crippen LogP contribution in [0.1, 0.15) is 24.5 Å². The van der Waals surface area contributed by atoms with Crippen molar-refractivity contribution >= 4 is 17.5 Å². The van der Waals surface area contributed by atoms with Gasteiger partial charge in [0.15, 0.2) is 0 Å². The first kappa shape index (κ1) is 16.3. The van der Waals surface area contributed by atoms with Crippen molar-refractivity contribution in [1.82, 2.24) is 9.80 Å². The lowest BCUT2D eigenvalue weighted by Crippen LogP contribution is -2.50. The normalized spacial score (nSPS) is 14.9. The minimum absolute atomic E-state index is 0.0867. The van der Waals surface area contributed by atoms with Gasteiger partial charge >= 0.3 is 0 Å². The maximum Gasteiger partial charge on any atom is 0.224 e. The molecule has 0 saturated carbocycles. The standard InChI is InChI=1S/C17H25N3O2/c1-13-4-5-14(2)16(12-13)18-7-6-17(22)20-10-8-19(9-11-20)15(3)21/h4-5,12,18H,6-11H2,1-3H3. The first-order chi connectivity index (χ1) is 10.5. The van der Waals surface area contributed by atoms with Gasteiger partial charge in [0.25, 0.3) is 0 Å². The molecular weight excluding hydrogens is 278 g/mol. The zero-order valence-electron chi connectivity index (χ0n) is 13.7. The number of carbonyl (C=O) groups is 2. The van der Waals surface area contributed by atoms with E-state index in [-0.39, 0.29) is 11.8 Å². The molecule has 2 rings (SSSR count). The lowest BCUT2D eigenvalue weighted by atomic mass is 10.1. The van der Waals surface area contributed by atoms with Crippen molar-refractivity contribution in [3.05, 3.63) is 29.3 Å². The Labute approximate surface area is 132 Å². The number of amides is 2. The maximum absolute atomic E-state index is 12.2. The number of carbonyl (C=O) groups excluding carboxylic acids is 2. The quantitative estimate of drug-likeness (QED) is 0.923. The SMILES string of the molecule is CC(=O)N1CCN(C(=O)CCNc2cc(C)ccc2C)CC1. The zero-order chi connectivity index (χ0) is 16.1. The highest BCUT2D eigenvalue weighted by Gasteiger charge is 2.21. The molecule has 2 amide bonds. The number of nitrogens with zero attached hydrogens (tertiary/aromatic N) is 2. The van der Waals surface area contributed by atoms with Crippen molar-refractivity contribution in [3.63, 3.8) is 0 Å². The van der Waals surface area contributed by atoms with E-state index in [1.807, 2.05) is 4.90 Å². The van der Waals surface area contributed by atoms with Crippen molar-refractivity contribution in [2.24, 2.45) is 0 Å². The Kier molecular flexibility index (Phi) is 5.41. The lowest BCUT2D eigenvalue weighted by Gasteiger charge is -2.34. The average Bonchev–Trinajstić information content (AvgIpc) is 2.50. The van der Waals surface area contributed by atoms with Gasteiger partial charge in [0, 0.05) is 51.8 Å². The molecular formula is C17H25N3O2. The van der Waals surface area contributed by atoms with Gasteiger partial charge in [-0.15, -0.1) is 0 Å². The Bertz CT molecular complexity index is 549. The molecule has 1 aromatic rings. The molecule has 0 aliphatic carbocycles. The van der Waals surface area contributed by atoms with Gasteiger partial charge in [-0.25, -0.2) is 0 Å². The summed E-state index contributed by atoms with van der Waals surface area (Å²) in [6.07, 6.45) is 0.480. The minimum Gasteiger partial charge on any atom is -0.384 e. The molecule has 1 saturated heterocycles. The summed E-state index contributed by atoms with van der Waals surface area (Å²) in [4.78, 5) is 27.1. The highest BCUT2D eigenvalue weighted by molar-refractivity contribution is 5.78. The van der Waals surface area contributed by atoms with Crippen molar-refractivity contribution in [3.8, 4) is 0 Å². The van der Waals surface area contributed by atoms with Crippen molar-refractivity contribution in [2.75, 3.05) is 38.0 Å². The Hall–Kier alpha value is -2.04. The van der Waals surface area contributed by atoms with Crippen molar-refractivity contribution in [1.29, 1.82) is 0 Å². The molecule has 1 aliphatic rings. The van der Waals surface area contributed by atoms with E-state index in [1.165, 1.54) is 11.1 Å². The highest BCUT2D eigenvalue weighted by Crippen LogP contribution is 2.16. The van der Waals surface area contributed by atoms with Gasteiger partial charge < -0.3 is 15.1 Å². The summed E-state index contributed by atoms with van der Waals surface area (Å²) in [5.74, 6) is 0.240. The van der Waals surface area contributed by atoms with Gasteiger partial charge in [-0.3, -0.25) is 9.59 Å².